The second kappa shape index (κ2) is 10.9. The fourth-order valence-electron chi connectivity index (χ4n) is 2.14. The average molecular weight is 329 g/mol. The molecule has 0 radical (unpaired) electrons. The van der Waals surface area contributed by atoms with E-state index in [1.165, 1.54) is 19.3 Å². The van der Waals surface area contributed by atoms with E-state index in [1.54, 1.807) is 6.08 Å². The molecule has 22 heavy (non-hydrogen) atoms. The van der Waals surface area contributed by atoms with Crippen LogP contribution >= 0.6 is 11.6 Å². The molecule has 128 valence electrons. The van der Waals surface area contributed by atoms with E-state index in [0.717, 1.165) is 18.4 Å². The molecule has 0 aromatic rings. The van der Waals surface area contributed by atoms with Gasteiger partial charge in [-0.05, 0) is 59.0 Å². The van der Waals surface area contributed by atoms with Crippen LogP contribution in [0.15, 0.2) is 23.8 Å². The molecule has 0 fully saturated rings. The number of ether oxygens (including phenoxy) is 1. The largest absolute Gasteiger partial charge is 0.460 e. The fourth-order valence-corrected chi connectivity index (χ4v) is 2.28. The summed E-state index contributed by atoms with van der Waals surface area (Å²) in [7, 11) is 0. The Balaban J connectivity index is 3.95. The quantitative estimate of drug-likeness (QED) is 0.160. The van der Waals surface area contributed by atoms with Gasteiger partial charge in [0.05, 0.1) is 6.10 Å². The molecule has 0 bridgehead atoms. The highest BCUT2D eigenvalue weighted by atomic mass is 35.5. The Morgan fingerprint density at radius 2 is 1.86 bits per heavy atom. The van der Waals surface area contributed by atoms with E-state index in [0.29, 0.717) is 5.92 Å². The van der Waals surface area contributed by atoms with Gasteiger partial charge in [0.15, 0.2) is 0 Å². The van der Waals surface area contributed by atoms with Crippen LogP contribution in [0.2, 0.25) is 0 Å². The van der Waals surface area contributed by atoms with Crippen LogP contribution in [0.3, 0.4) is 0 Å². The molecule has 3 heteroatoms. The molecule has 0 aliphatic carbocycles. The molecular formula is C19H33ClO2. The maximum Gasteiger partial charge on any atom is 0.331 e. The van der Waals surface area contributed by atoms with Gasteiger partial charge in [-0.25, -0.2) is 4.79 Å². The summed E-state index contributed by atoms with van der Waals surface area (Å²) in [6.45, 7) is 12.0. The smallest absolute Gasteiger partial charge is 0.331 e. The maximum atomic E-state index is 11.5. The van der Waals surface area contributed by atoms with E-state index >= 15 is 0 Å². The maximum absolute atomic E-state index is 11.5. The minimum Gasteiger partial charge on any atom is -0.460 e. The summed E-state index contributed by atoms with van der Waals surface area (Å²) < 4.78 is 5.08. The van der Waals surface area contributed by atoms with Crippen molar-refractivity contribution in [3.8, 4) is 0 Å². The van der Waals surface area contributed by atoms with Crippen molar-refractivity contribution in [2.45, 2.75) is 84.6 Å². The Labute approximate surface area is 142 Å². The second-order valence-electron chi connectivity index (χ2n) is 7.08. The zero-order chi connectivity index (χ0) is 17.2. The summed E-state index contributed by atoms with van der Waals surface area (Å²) in [6.07, 6.45) is 11.3. The number of carbonyl (C=O) groups is 1. The molecule has 0 aliphatic heterocycles. The molecule has 1 atom stereocenters. The standard InChI is InChI=1S/C19H33ClO2/c1-15(2)22-18(21)14-17(4)12-9-11-16(3)10-7-8-13-19(5,6)20/h9,12,14-16H,7-8,10-11,13H2,1-6H3/b12-9+,17-14+. The highest BCUT2D eigenvalue weighted by Crippen LogP contribution is 2.22. The van der Waals surface area contributed by atoms with E-state index in [1.807, 2.05) is 26.8 Å². The predicted octanol–water partition coefficient (Wildman–Crippen LogP) is 6.04. The van der Waals surface area contributed by atoms with E-state index in [4.69, 9.17) is 16.3 Å². The lowest BCUT2D eigenvalue weighted by molar-refractivity contribution is -0.141. The Bertz CT molecular complexity index is 375. The molecule has 0 aromatic carbocycles. The zero-order valence-electron chi connectivity index (χ0n) is 15.1. The highest BCUT2D eigenvalue weighted by molar-refractivity contribution is 6.23. The van der Waals surface area contributed by atoms with Crippen LogP contribution in [0.1, 0.15) is 73.6 Å². The summed E-state index contributed by atoms with van der Waals surface area (Å²) >= 11 is 6.18. The van der Waals surface area contributed by atoms with Crippen molar-refractivity contribution in [2.24, 2.45) is 5.92 Å². The van der Waals surface area contributed by atoms with Crippen LogP contribution in [0.25, 0.3) is 0 Å². The van der Waals surface area contributed by atoms with Gasteiger partial charge in [-0.2, -0.15) is 0 Å². The first-order valence-corrected chi connectivity index (χ1v) is 8.72. The predicted molar refractivity (Wildman–Crippen MR) is 96.3 cm³/mol. The monoisotopic (exact) mass is 328 g/mol. The lowest BCUT2D eigenvalue weighted by Crippen LogP contribution is -2.09. The Hall–Kier alpha value is -0.760. The van der Waals surface area contributed by atoms with E-state index in [9.17, 15) is 4.79 Å². The van der Waals surface area contributed by atoms with Crippen molar-refractivity contribution in [3.63, 3.8) is 0 Å². The SMILES string of the molecule is CC(/C=C/CC(C)CCCCC(C)(C)Cl)=C\C(=O)OC(C)C. The molecule has 0 amide bonds. The molecule has 0 spiro atoms. The number of alkyl halides is 1. The van der Waals surface area contributed by atoms with E-state index < -0.39 is 0 Å². The van der Waals surface area contributed by atoms with E-state index in [-0.39, 0.29) is 16.9 Å². The Morgan fingerprint density at radius 1 is 1.23 bits per heavy atom. The Kier molecular flexibility index (Phi) is 10.5. The van der Waals surface area contributed by atoms with Crippen LogP contribution in [-0.4, -0.2) is 16.9 Å². The molecule has 2 nitrogen and oxygen atoms in total. The lowest BCUT2D eigenvalue weighted by Gasteiger charge is -2.15. The number of carbonyl (C=O) groups excluding carboxylic acids is 1. The van der Waals surface area contributed by atoms with Crippen molar-refractivity contribution < 1.29 is 9.53 Å². The summed E-state index contributed by atoms with van der Waals surface area (Å²) in [5.41, 5.74) is 0.932. The van der Waals surface area contributed by atoms with Gasteiger partial charge in [0.1, 0.15) is 0 Å². The first-order chi connectivity index (χ1) is 10.1. The lowest BCUT2D eigenvalue weighted by atomic mass is 9.97. The highest BCUT2D eigenvalue weighted by Gasteiger charge is 2.12. The summed E-state index contributed by atoms with van der Waals surface area (Å²) in [6, 6.07) is 0. The van der Waals surface area contributed by atoms with Gasteiger partial charge >= 0.3 is 5.97 Å². The van der Waals surface area contributed by atoms with Crippen LogP contribution < -0.4 is 0 Å². The van der Waals surface area contributed by atoms with Crippen molar-refractivity contribution in [1.29, 1.82) is 0 Å². The number of unbranched alkanes of at least 4 members (excludes halogenated alkanes) is 1. The normalized spacial score (nSPS) is 14.6. The number of rotatable bonds is 10. The zero-order valence-corrected chi connectivity index (χ0v) is 15.9. The fraction of sp³-hybridized carbons (Fsp3) is 0.737. The third-order valence-electron chi connectivity index (χ3n) is 3.33. The van der Waals surface area contributed by atoms with Gasteiger partial charge in [-0.3, -0.25) is 0 Å². The first kappa shape index (κ1) is 21.2. The van der Waals surface area contributed by atoms with Crippen molar-refractivity contribution in [3.05, 3.63) is 23.8 Å². The summed E-state index contributed by atoms with van der Waals surface area (Å²) in [5.74, 6) is 0.388. The van der Waals surface area contributed by atoms with Gasteiger partial charge in [-0.15, -0.1) is 11.6 Å². The minimum absolute atomic E-state index is 0.0708. The third kappa shape index (κ3) is 14.2. The van der Waals surface area contributed by atoms with Gasteiger partial charge in [0.25, 0.3) is 0 Å². The topological polar surface area (TPSA) is 26.3 Å². The molecule has 0 aromatic heterocycles. The van der Waals surface area contributed by atoms with E-state index in [2.05, 4.69) is 26.8 Å². The molecule has 0 aliphatic rings. The molecule has 0 saturated heterocycles. The van der Waals surface area contributed by atoms with Gasteiger partial charge in [0.2, 0.25) is 0 Å². The molecule has 0 rings (SSSR count). The average Bonchev–Trinajstić information content (AvgIpc) is 2.32. The van der Waals surface area contributed by atoms with Gasteiger partial charge in [0, 0.05) is 11.0 Å². The number of esters is 1. The minimum atomic E-state index is -0.270. The molecular weight excluding hydrogens is 296 g/mol. The molecule has 0 N–H and O–H groups in total. The molecule has 1 unspecified atom stereocenters. The van der Waals surface area contributed by atoms with Crippen molar-refractivity contribution >= 4 is 17.6 Å². The number of allylic oxidation sites excluding steroid dienone is 3. The van der Waals surface area contributed by atoms with Gasteiger partial charge in [-0.1, -0.05) is 38.3 Å². The van der Waals surface area contributed by atoms with Crippen LogP contribution in [0.4, 0.5) is 0 Å². The molecule has 0 heterocycles. The van der Waals surface area contributed by atoms with Crippen molar-refractivity contribution in [1.82, 2.24) is 0 Å². The van der Waals surface area contributed by atoms with Crippen LogP contribution in [0.5, 0.6) is 0 Å². The third-order valence-corrected chi connectivity index (χ3v) is 3.52. The summed E-state index contributed by atoms with van der Waals surface area (Å²) in [4.78, 5) is 11.4. The molecule has 0 saturated carbocycles. The second-order valence-corrected chi connectivity index (χ2v) is 8.10. The van der Waals surface area contributed by atoms with Gasteiger partial charge < -0.3 is 4.74 Å². The van der Waals surface area contributed by atoms with Crippen molar-refractivity contribution in [2.75, 3.05) is 0 Å². The van der Waals surface area contributed by atoms with Crippen LogP contribution in [-0.2, 0) is 9.53 Å². The van der Waals surface area contributed by atoms with Crippen LogP contribution in [0, 0.1) is 5.92 Å². The number of halogens is 1. The Morgan fingerprint density at radius 3 is 2.41 bits per heavy atom. The number of hydrogen-bond donors (Lipinski definition) is 0. The number of hydrogen-bond acceptors (Lipinski definition) is 2. The summed E-state index contributed by atoms with van der Waals surface area (Å²) in [5, 5.41) is 0. The first-order valence-electron chi connectivity index (χ1n) is 8.34.